The molecule has 1 aromatic carbocycles. The van der Waals surface area contributed by atoms with E-state index in [1.165, 1.54) is 7.11 Å². The quantitative estimate of drug-likeness (QED) is 0.820. The first-order chi connectivity index (χ1) is 10.6. The molecule has 22 heavy (non-hydrogen) atoms. The van der Waals surface area contributed by atoms with E-state index in [-0.39, 0.29) is 17.5 Å². The molecule has 1 aliphatic carbocycles. The summed E-state index contributed by atoms with van der Waals surface area (Å²) in [4.78, 5) is 0. The molecule has 1 saturated carbocycles. The van der Waals surface area contributed by atoms with Gasteiger partial charge in [-0.05, 0) is 48.9 Å². The predicted octanol–water partition coefficient (Wildman–Crippen LogP) is 3.06. The van der Waals surface area contributed by atoms with Crippen molar-refractivity contribution in [3.63, 3.8) is 0 Å². The van der Waals surface area contributed by atoms with Gasteiger partial charge in [0.1, 0.15) is 0 Å². The van der Waals surface area contributed by atoms with E-state index < -0.39 is 5.79 Å². The van der Waals surface area contributed by atoms with Gasteiger partial charge in [-0.1, -0.05) is 6.07 Å². The largest absolute Gasteiger partial charge is 0.494 e. The Kier molecular flexibility index (Phi) is 5.78. The zero-order valence-electron chi connectivity index (χ0n) is 13.6. The highest BCUT2D eigenvalue weighted by Crippen LogP contribution is 2.41. The zero-order valence-corrected chi connectivity index (χ0v) is 13.6. The Balaban J connectivity index is 2.11. The summed E-state index contributed by atoms with van der Waals surface area (Å²) in [5.41, 5.74) is 6.91. The number of benzene rings is 1. The van der Waals surface area contributed by atoms with Gasteiger partial charge in [-0.2, -0.15) is 0 Å². The predicted molar refractivity (Wildman–Crippen MR) is 83.5 cm³/mol. The Morgan fingerprint density at radius 2 is 1.86 bits per heavy atom. The maximum Gasteiger partial charge on any atom is 0.167 e. The van der Waals surface area contributed by atoms with Crippen molar-refractivity contribution >= 4 is 0 Å². The van der Waals surface area contributed by atoms with Crippen LogP contribution in [-0.4, -0.2) is 33.7 Å². The first-order valence-electron chi connectivity index (χ1n) is 7.73. The van der Waals surface area contributed by atoms with Crippen LogP contribution in [0.5, 0.6) is 5.75 Å². The summed E-state index contributed by atoms with van der Waals surface area (Å²) in [5.74, 6) is 0.0162. The number of hydrogen-bond donors (Lipinski definition) is 1. The molecule has 1 unspecified atom stereocenters. The van der Waals surface area contributed by atoms with Crippen LogP contribution < -0.4 is 10.5 Å². The molecule has 5 heteroatoms. The molecule has 0 aromatic heterocycles. The van der Waals surface area contributed by atoms with Crippen LogP contribution in [0.3, 0.4) is 0 Å². The van der Waals surface area contributed by atoms with E-state index in [1.807, 2.05) is 6.07 Å². The molecule has 1 aromatic rings. The van der Waals surface area contributed by atoms with Gasteiger partial charge in [0.15, 0.2) is 17.4 Å². The highest BCUT2D eigenvalue weighted by atomic mass is 19.1. The summed E-state index contributed by atoms with van der Waals surface area (Å²) in [7, 11) is 4.83. The molecule has 0 spiro atoms. The third kappa shape index (κ3) is 3.42. The van der Waals surface area contributed by atoms with Crippen LogP contribution in [0.25, 0.3) is 0 Å². The molecule has 4 nitrogen and oxygen atoms in total. The summed E-state index contributed by atoms with van der Waals surface area (Å²) in [6, 6.07) is 5.13. The number of halogens is 1. The maximum absolute atomic E-state index is 13.9. The molecule has 0 amide bonds. The van der Waals surface area contributed by atoms with Gasteiger partial charge in [-0.25, -0.2) is 4.39 Å². The molecular weight excluding hydrogens is 285 g/mol. The minimum atomic E-state index is -0.471. The van der Waals surface area contributed by atoms with Gasteiger partial charge in [0.2, 0.25) is 0 Å². The molecule has 1 fully saturated rings. The summed E-state index contributed by atoms with van der Waals surface area (Å²) < 4.78 is 29.9. The zero-order chi connectivity index (χ0) is 16.2. The highest BCUT2D eigenvalue weighted by molar-refractivity contribution is 5.32. The standard InChI is InChI=1S/C17H26FNO3/c1-20-16-5-4-13(10-15(16)18)14(11-19)12-6-8-17(21-2,22-3)9-7-12/h4-5,10,12,14H,6-9,11,19H2,1-3H3. The third-order valence-electron chi connectivity index (χ3n) is 4.96. The summed E-state index contributed by atoms with van der Waals surface area (Å²) >= 11 is 0. The molecular formula is C17H26FNO3. The Labute approximate surface area is 131 Å². The lowest BCUT2D eigenvalue weighted by molar-refractivity contribution is -0.228. The fourth-order valence-electron chi connectivity index (χ4n) is 3.49. The van der Waals surface area contributed by atoms with Crippen LogP contribution in [0.15, 0.2) is 18.2 Å². The van der Waals surface area contributed by atoms with Crippen molar-refractivity contribution in [3.8, 4) is 5.75 Å². The summed E-state index contributed by atoms with van der Waals surface area (Å²) in [6.45, 7) is 0.503. The van der Waals surface area contributed by atoms with Crippen molar-refractivity contribution in [1.82, 2.24) is 0 Å². The van der Waals surface area contributed by atoms with Gasteiger partial charge in [0, 0.05) is 27.1 Å². The molecule has 0 aliphatic heterocycles. The van der Waals surface area contributed by atoms with Crippen LogP contribution in [-0.2, 0) is 9.47 Å². The second-order valence-electron chi connectivity index (χ2n) is 5.89. The van der Waals surface area contributed by atoms with E-state index in [9.17, 15) is 4.39 Å². The fraction of sp³-hybridized carbons (Fsp3) is 0.647. The first-order valence-corrected chi connectivity index (χ1v) is 7.73. The third-order valence-corrected chi connectivity index (χ3v) is 4.96. The molecule has 1 atom stereocenters. The van der Waals surface area contributed by atoms with Gasteiger partial charge in [0.05, 0.1) is 7.11 Å². The molecule has 0 saturated heterocycles. The van der Waals surface area contributed by atoms with Crippen molar-refractivity contribution in [3.05, 3.63) is 29.6 Å². The Bertz CT molecular complexity index is 481. The van der Waals surface area contributed by atoms with Crippen molar-refractivity contribution in [2.75, 3.05) is 27.9 Å². The summed E-state index contributed by atoms with van der Waals surface area (Å²) in [5, 5.41) is 0. The minimum absolute atomic E-state index is 0.145. The van der Waals surface area contributed by atoms with Crippen LogP contribution in [0, 0.1) is 11.7 Å². The van der Waals surface area contributed by atoms with Crippen molar-refractivity contribution in [2.24, 2.45) is 11.7 Å². The molecule has 2 N–H and O–H groups in total. The van der Waals surface area contributed by atoms with E-state index in [2.05, 4.69) is 0 Å². The number of hydrogen-bond acceptors (Lipinski definition) is 4. The Hall–Kier alpha value is -1.17. The highest BCUT2D eigenvalue weighted by Gasteiger charge is 2.38. The lowest BCUT2D eigenvalue weighted by atomic mass is 9.75. The van der Waals surface area contributed by atoms with E-state index in [1.54, 1.807) is 26.4 Å². The fourth-order valence-corrected chi connectivity index (χ4v) is 3.49. The van der Waals surface area contributed by atoms with Crippen LogP contribution in [0.2, 0.25) is 0 Å². The molecule has 0 heterocycles. The topological polar surface area (TPSA) is 53.7 Å². The van der Waals surface area contributed by atoms with Crippen LogP contribution >= 0.6 is 0 Å². The second kappa shape index (κ2) is 7.40. The second-order valence-corrected chi connectivity index (χ2v) is 5.89. The molecule has 0 bridgehead atoms. The van der Waals surface area contributed by atoms with Crippen molar-refractivity contribution in [2.45, 2.75) is 37.4 Å². The normalized spacial score (nSPS) is 19.9. The Morgan fingerprint density at radius 1 is 1.23 bits per heavy atom. The van der Waals surface area contributed by atoms with Crippen LogP contribution in [0.1, 0.15) is 37.2 Å². The first kappa shape index (κ1) is 17.2. The minimum Gasteiger partial charge on any atom is -0.494 e. The van der Waals surface area contributed by atoms with Crippen molar-refractivity contribution < 1.29 is 18.6 Å². The molecule has 2 rings (SSSR count). The number of methoxy groups -OCH3 is 3. The Morgan fingerprint density at radius 3 is 2.32 bits per heavy atom. The summed E-state index contributed by atoms with van der Waals surface area (Å²) in [6.07, 6.45) is 3.58. The SMILES string of the molecule is COc1ccc(C(CN)C2CCC(OC)(OC)CC2)cc1F. The van der Waals surface area contributed by atoms with Gasteiger partial charge in [-0.15, -0.1) is 0 Å². The van der Waals surface area contributed by atoms with E-state index in [0.717, 1.165) is 31.2 Å². The van der Waals surface area contributed by atoms with Crippen LogP contribution in [0.4, 0.5) is 4.39 Å². The average molecular weight is 311 g/mol. The maximum atomic E-state index is 13.9. The number of nitrogens with two attached hydrogens (primary N) is 1. The van der Waals surface area contributed by atoms with Gasteiger partial charge >= 0.3 is 0 Å². The van der Waals surface area contributed by atoms with Gasteiger partial charge in [-0.3, -0.25) is 0 Å². The average Bonchev–Trinajstić information content (AvgIpc) is 2.56. The van der Waals surface area contributed by atoms with Gasteiger partial charge in [0.25, 0.3) is 0 Å². The van der Waals surface area contributed by atoms with E-state index in [4.69, 9.17) is 19.9 Å². The number of rotatable bonds is 6. The van der Waals surface area contributed by atoms with Crippen molar-refractivity contribution in [1.29, 1.82) is 0 Å². The monoisotopic (exact) mass is 311 g/mol. The lowest BCUT2D eigenvalue weighted by Crippen LogP contribution is -2.40. The molecule has 0 radical (unpaired) electrons. The number of ether oxygens (including phenoxy) is 3. The smallest absolute Gasteiger partial charge is 0.167 e. The van der Waals surface area contributed by atoms with E-state index in [0.29, 0.717) is 12.5 Å². The lowest BCUT2D eigenvalue weighted by Gasteiger charge is -2.40. The molecule has 124 valence electrons. The molecule has 1 aliphatic rings. The van der Waals surface area contributed by atoms with E-state index >= 15 is 0 Å². The van der Waals surface area contributed by atoms with Gasteiger partial charge < -0.3 is 19.9 Å².